The maximum Gasteiger partial charge on any atom is 0.164 e. The zero-order valence-corrected chi connectivity index (χ0v) is 24.1. The SMILES string of the molecule is c1ccc(-c2nc(-c3ccc4ccccc4c3)nc(-c3cccc4oc5cc(-c6ccc7ccccc7c6)cnc5c34)n2)cc1. The lowest BCUT2D eigenvalue weighted by molar-refractivity contribution is 0.668. The predicted molar refractivity (Wildman–Crippen MR) is 182 cm³/mol. The molecule has 0 fully saturated rings. The lowest BCUT2D eigenvalue weighted by atomic mass is 10.0. The van der Waals surface area contributed by atoms with Crippen molar-refractivity contribution in [2.75, 3.05) is 0 Å². The molecule has 0 aliphatic carbocycles. The van der Waals surface area contributed by atoms with Crippen LogP contribution in [-0.4, -0.2) is 19.9 Å². The highest BCUT2D eigenvalue weighted by molar-refractivity contribution is 6.10. The molecule has 0 radical (unpaired) electrons. The Labute approximate surface area is 258 Å². The molecule has 5 heteroatoms. The molecule has 9 aromatic rings. The molecule has 3 heterocycles. The van der Waals surface area contributed by atoms with Crippen molar-refractivity contribution >= 4 is 43.6 Å². The highest BCUT2D eigenvalue weighted by atomic mass is 16.3. The number of fused-ring (bicyclic) bond motifs is 5. The second kappa shape index (κ2) is 10.2. The van der Waals surface area contributed by atoms with Crippen LogP contribution in [0.2, 0.25) is 0 Å². The van der Waals surface area contributed by atoms with Crippen LogP contribution in [0.1, 0.15) is 0 Å². The molecule has 0 N–H and O–H groups in total. The molecule has 0 saturated carbocycles. The second-order valence-corrected chi connectivity index (χ2v) is 11.1. The minimum absolute atomic E-state index is 0.570. The van der Waals surface area contributed by atoms with Gasteiger partial charge in [-0.15, -0.1) is 0 Å². The molecule has 210 valence electrons. The summed E-state index contributed by atoms with van der Waals surface area (Å²) in [5.74, 6) is 1.79. The molecule has 6 aromatic carbocycles. The van der Waals surface area contributed by atoms with E-state index in [1.54, 1.807) is 0 Å². The Balaban J connectivity index is 1.23. The minimum Gasteiger partial charge on any atom is -0.454 e. The number of nitrogens with zero attached hydrogens (tertiary/aromatic N) is 4. The molecule has 0 bridgehead atoms. The van der Waals surface area contributed by atoms with Gasteiger partial charge in [0.15, 0.2) is 23.1 Å². The summed E-state index contributed by atoms with van der Waals surface area (Å²) in [5, 5.41) is 5.58. The fourth-order valence-corrected chi connectivity index (χ4v) is 6.07. The van der Waals surface area contributed by atoms with Crippen LogP contribution in [0.4, 0.5) is 0 Å². The number of benzene rings is 6. The number of hydrogen-bond donors (Lipinski definition) is 0. The summed E-state index contributed by atoms with van der Waals surface area (Å²) >= 11 is 0. The van der Waals surface area contributed by atoms with Crippen LogP contribution < -0.4 is 0 Å². The highest BCUT2D eigenvalue weighted by Gasteiger charge is 2.19. The Morgan fingerprint density at radius 2 is 1.02 bits per heavy atom. The van der Waals surface area contributed by atoms with Crippen molar-refractivity contribution in [1.82, 2.24) is 19.9 Å². The third-order valence-corrected chi connectivity index (χ3v) is 8.33. The molecule has 0 saturated heterocycles. The number of pyridine rings is 1. The topological polar surface area (TPSA) is 64.7 Å². The van der Waals surface area contributed by atoms with E-state index in [0.717, 1.165) is 55.3 Å². The Bertz CT molecular complexity index is 2550. The predicted octanol–water partition coefficient (Wildman–Crippen LogP) is 10.1. The van der Waals surface area contributed by atoms with Crippen molar-refractivity contribution in [3.63, 3.8) is 0 Å². The van der Waals surface area contributed by atoms with E-state index < -0.39 is 0 Å². The van der Waals surface area contributed by atoms with Gasteiger partial charge in [-0.1, -0.05) is 115 Å². The van der Waals surface area contributed by atoms with Gasteiger partial charge in [0.05, 0.1) is 5.39 Å². The molecule has 0 atom stereocenters. The monoisotopic (exact) mass is 576 g/mol. The van der Waals surface area contributed by atoms with Crippen LogP contribution in [0.3, 0.4) is 0 Å². The summed E-state index contributed by atoms with van der Waals surface area (Å²) in [6, 6.07) is 47.5. The molecular weight excluding hydrogens is 552 g/mol. The van der Waals surface area contributed by atoms with E-state index in [2.05, 4.69) is 78.9 Å². The van der Waals surface area contributed by atoms with Gasteiger partial charge in [-0.2, -0.15) is 0 Å². The van der Waals surface area contributed by atoms with Crippen LogP contribution in [0.25, 0.3) is 88.9 Å². The van der Waals surface area contributed by atoms with Crippen molar-refractivity contribution < 1.29 is 4.42 Å². The van der Waals surface area contributed by atoms with Crippen molar-refractivity contribution in [2.45, 2.75) is 0 Å². The van der Waals surface area contributed by atoms with E-state index in [1.807, 2.05) is 66.9 Å². The standard InChI is InChI=1S/C40H24N4O/c1-2-11-27(12-3-1)38-42-39(31-20-18-26-10-5-7-14-29(26)22-31)44-40(43-38)33-15-8-16-34-36(33)37-35(45-34)23-32(24-41-37)30-19-17-25-9-4-6-13-28(25)21-30/h1-24H. The first-order chi connectivity index (χ1) is 22.3. The van der Waals surface area contributed by atoms with Gasteiger partial charge in [0.1, 0.15) is 11.1 Å². The molecule has 0 unspecified atom stereocenters. The molecule has 3 aromatic heterocycles. The molecule has 0 aliphatic rings. The van der Waals surface area contributed by atoms with Crippen molar-refractivity contribution in [2.24, 2.45) is 0 Å². The van der Waals surface area contributed by atoms with Gasteiger partial charge in [0.25, 0.3) is 0 Å². The third-order valence-electron chi connectivity index (χ3n) is 8.33. The first-order valence-electron chi connectivity index (χ1n) is 14.9. The maximum absolute atomic E-state index is 6.41. The number of hydrogen-bond acceptors (Lipinski definition) is 5. The zero-order valence-electron chi connectivity index (χ0n) is 24.1. The van der Waals surface area contributed by atoms with Crippen LogP contribution >= 0.6 is 0 Å². The average molecular weight is 577 g/mol. The normalized spacial score (nSPS) is 11.6. The van der Waals surface area contributed by atoms with Crippen molar-refractivity contribution in [1.29, 1.82) is 0 Å². The molecule has 0 spiro atoms. The Hall–Kier alpha value is -6.20. The molecular formula is C40H24N4O. The second-order valence-electron chi connectivity index (χ2n) is 11.1. The summed E-state index contributed by atoms with van der Waals surface area (Å²) in [7, 11) is 0. The van der Waals surface area contributed by atoms with Gasteiger partial charge < -0.3 is 4.42 Å². The number of aromatic nitrogens is 4. The third kappa shape index (κ3) is 4.41. The fourth-order valence-electron chi connectivity index (χ4n) is 6.07. The number of rotatable bonds is 4. The summed E-state index contributed by atoms with van der Waals surface area (Å²) in [5.41, 5.74) is 7.02. The number of furan rings is 1. The molecule has 45 heavy (non-hydrogen) atoms. The van der Waals surface area contributed by atoms with Gasteiger partial charge in [-0.3, -0.25) is 4.98 Å². The molecule has 0 aliphatic heterocycles. The van der Waals surface area contributed by atoms with Gasteiger partial charge >= 0.3 is 0 Å². The first kappa shape index (κ1) is 25.3. The van der Waals surface area contributed by atoms with Gasteiger partial charge in [-0.25, -0.2) is 15.0 Å². The van der Waals surface area contributed by atoms with E-state index in [4.69, 9.17) is 24.4 Å². The summed E-state index contributed by atoms with van der Waals surface area (Å²) < 4.78 is 6.41. The largest absolute Gasteiger partial charge is 0.454 e. The maximum atomic E-state index is 6.41. The van der Waals surface area contributed by atoms with E-state index >= 15 is 0 Å². The Morgan fingerprint density at radius 3 is 1.78 bits per heavy atom. The van der Waals surface area contributed by atoms with Crippen molar-refractivity contribution in [3.8, 4) is 45.3 Å². The fraction of sp³-hybridized carbons (Fsp3) is 0. The van der Waals surface area contributed by atoms with Crippen LogP contribution in [0.5, 0.6) is 0 Å². The van der Waals surface area contributed by atoms with E-state index in [1.165, 1.54) is 16.2 Å². The summed E-state index contributed by atoms with van der Waals surface area (Å²) in [6.07, 6.45) is 1.92. The Morgan fingerprint density at radius 1 is 0.400 bits per heavy atom. The lowest BCUT2D eigenvalue weighted by Crippen LogP contribution is -2.00. The van der Waals surface area contributed by atoms with Gasteiger partial charge in [0, 0.05) is 28.5 Å². The molecule has 0 amide bonds. The van der Waals surface area contributed by atoms with E-state index in [9.17, 15) is 0 Å². The van der Waals surface area contributed by atoms with Gasteiger partial charge in [0.2, 0.25) is 0 Å². The van der Waals surface area contributed by atoms with Crippen LogP contribution in [-0.2, 0) is 0 Å². The van der Waals surface area contributed by atoms with E-state index in [0.29, 0.717) is 17.5 Å². The smallest absolute Gasteiger partial charge is 0.164 e. The average Bonchev–Trinajstić information content (AvgIpc) is 3.49. The summed E-state index contributed by atoms with van der Waals surface area (Å²) in [6.45, 7) is 0. The van der Waals surface area contributed by atoms with Crippen LogP contribution in [0, 0.1) is 0 Å². The zero-order chi connectivity index (χ0) is 29.7. The van der Waals surface area contributed by atoms with Gasteiger partial charge in [-0.05, 0) is 51.4 Å². The quantitative estimate of drug-likeness (QED) is 0.209. The van der Waals surface area contributed by atoms with E-state index in [-0.39, 0.29) is 0 Å². The van der Waals surface area contributed by atoms with Crippen LogP contribution in [0.15, 0.2) is 150 Å². The minimum atomic E-state index is 0.570. The Kier molecular flexibility index (Phi) is 5.74. The first-order valence-corrected chi connectivity index (χ1v) is 14.9. The molecule has 9 rings (SSSR count). The lowest BCUT2D eigenvalue weighted by Gasteiger charge is -2.10. The highest BCUT2D eigenvalue weighted by Crippen LogP contribution is 2.37. The van der Waals surface area contributed by atoms with Crippen molar-refractivity contribution in [3.05, 3.63) is 146 Å². The summed E-state index contributed by atoms with van der Waals surface area (Å²) in [4.78, 5) is 19.9. The molecule has 5 nitrogen and oxygen atoms in total.